The number of alkyl halides is 3. The molecule has 0 spiro atoms. The maximum Gasteiger partial charge on any atom is 0.418 e. The summed E-state index contributed by atoms with van der Waals surface area (Å²) in [6.45, 7) is -0.499. The van der Waals surface area contributed by atoms with Crippen molar-refractivity contribution in [1.82, 2.24) is 19.4 Å². The van der Waals surface area contributed by atoms with Crippen molar-refractivity contribution >= 4 is 17.1 Å². The first-order valence-electron chi connectivity index (χ1n) is 8.77. The van der Waals surface area contributed by atoms with E-state index in [1.54, 1.807) is 0 Å². The van der Waals surface area contributed by atoms with Gasteiger partial charge in [0.25, 0.3) is 5.56 Å². The summed E-state index contributed by atoms with van der Waals surface area (Å²) in [5, 5.41) is 10.5. The second-order valence-electron chi connectivity index (χ2n) is 6.61. The van der Waals surface area contributed by atoms with Gasteiger partial charge in [-0.15, -0.1) is 0 Å². The van der Waals surface area contributed by atoms with Crippen molar-refractivity contribution in [2.24, 2.45) is 0 Å². The van der Waals surface area contributed by atoms with Crippen LogP contribution in [0.25, 0.3) is 5.52 Å². The molecular weight excluding hydrogens is 375 g/mol. The Labute approximate surface area is 156 Å². The van der Waals surface area contributed by atoms with Gasteiger partial charge in [0.15, 0.2) is 0 Å². The summed E-state index contributed by atoms with van der Waals surface area (Å²) in [6.07, 6.45) is 0.194. The van der Waals surface area contributed by atoms with E-state index in [0.29, 0.717) is 5.52 Å². The summed E-state index contributed by atoms with van der Waals surface area (Å²) in [7, 11) is 0. The van der Waals surface area contributed by atoms with Crippen LogP contribution in [-0.2, 0) is 30.4 Å². The molecule has 0 unspecified atom stereocenters. The maximum atomic E-state index is 13.1. The Morgan fingerprint density at radius 1 is 1.18 bits per heavy atom. The Morgan fingerprint density at radius 3 is 2.71 bits per heavy atom. The number of nitrogens with one attached hydrogen (secondary N) is 1. The van der Waals surface area contributed by atoms with Gasteiger partial charge in [0.2, 0.25) is 5.91 Å². The zero-order chi connectivity index (χ0) is 19.9. The molecule has 0 saturated carbocycles. The topological polar surface area (TPSA) is 81.3 Å². The fourth-order valence-electron chi connectivity index (χ4n) is 3.45. The van der Waals surface area contributed by atoms with E-state index in [1.165, 1.54) is 23.0 Å². The van der Waals surface area contributed by atoms with Gasteiger partial charge < -0.3 is 5.32 Å². The molecule has 3 aromatic rings. The standard InChI is InChI=1S/C18H16F3N5O2/c19-18(20,21)12-6-2-4-8-14(12)23-15(27)9-25-17(28)16-11-5-1-3-7-13(11)24-26(16)10-22-25/h2,4,6,8,10H,1,3,5,7,9H2,(H,23,27). The lowest BCUT2D eigenvalue weighted by Crippen LogP contribution is -2.31. The third-order valence-corrected chi connectivity index (χ3v) is 4.72. The highest BCUT2D eigenvalue weighted by Gasteiger charge is 2.33. The quantitative estimate of drug-likeness (QED) is 0.744. The number of carbonyl (C=O) groups is 1. The molecule has 1 N–H and O–H groups in total. The van der Waals surface area contributed by atoms with Crippen LogP contribution in [0.15, 0.2) is 35.4 Å². The molecule has 0 bridgehead atoms. The van der Waals surface area contributed by atoms with Crippen molar-refractivity contribution < 1.29 is 18.0 Å². The number of benzene rings is 1. The number of para-hydroxylation sites is 1. The number of anilines is 1. The number of aryl methyl sites for hydroxylation is 2. The Balaban J connectivity index is 1.62. The maximum absolute atomic E-state index is 13.1. The fourth-order valence-corrected chi connectivity index (χ4v) is 3.45. The van der Waals surface area contributed by atoms with Crippen LogP contribution < -0.4 is 10.9 Å². The fraction of sp³-hybridized carbons (Fsp3) is 0.333. The first-order valence-corrected chi connectivity index (χ1v) is 8.77. The van der Waals surface area contributed by atoms with E-state index in [4.69, 9.17) is 0 Å². The summed E-state index contributed by atoms with van der Waals surface area (Å²) in [6, 6.07) is 4.67. The number of rotatable bonds is 3. The molecule has 0 saturated heterocycles. The van der Waals surface area contributed by atoms with Gasteiger partial charge in [-0.2, -0.15) is 23.4 Å². The molecule has 2 heterocycles. The largest absolute Gasteiger partial charge is 0.418 e. The van der Waals surface area contributed by atoms with Gasteiger partial charge in [-0.25, -0.2) is 9.20 Å². The third kappa shape index (κ3) is 3.25. The minimum Gasteiger partial charge on any atom is -0.324 e. The van der Waals surface area contributed by atoms with Crippen LogP contribution in [0, 0.1) is 0 Å². The number of hydrogen-bond donors (Lipinski definition) is 1. The molecule has 28 heavy (non-hydrogen) atoms. The van der Waals surface area contributed by atoms with Crippen LogP contribution in [-0.4, -0.2) is 25.3 Å². The van der Waals surface area contributed by atoms with Crippen LogP contribution in [0.3, 0.4) is 0 Å². The second kappa shape index (κ2) is 6.77. The number of fused-ring (bicyclic) bond motifs is 3. The summed E-state index contributed by atoms with van der Waals surface area (Å²) in [5.41, 5.74) is 0.270. The van der Waals surface area contributed by atoms with Gasteiger partial charge >= 0.3 is 6.18 Å². The molecule has 0 atom stereocenters. The van der Waals surface area contributed by atoms with Gasteiger partial charge in [0.1, 0.15) is 18.4 Å². The smallest absolute Gasteiger partial charge is 0.324 e. The van der Waals surface area contributed by atoms with Gasteiger partial charge in [-0.05, 0) is 37.8 Å². The van der Waals surface area contributed by atoms with E-state index in [1.807, 2.05) is 0 Å². The number of halogens is 3. The monoisotopic (exact) mass is 391 g/mol. The van der Waals surface area contributed by atoms with E-state index in [-0.39, 0.29) is 5.69 Å². The minimum atomic E-state index is -4.60. The molecule has 10 heteroatoms. The van der Waals surface area contributed by atoms with E-state index < -0.39 is 29.8 Å². The van der Waals surface area contributed by atoms with Crippen molar-refractivity contribution in [3.63, 3.8) is 0 Å². The molecule has 7 nitrogen and oxygen atoms in total. The van der Waals surface area contributed by atoms with Crippen molar-refractivity contribution in [3.05, 3.63) is 57.8 Å². The lowest BCUT2D eigenvalue weighted by Gasteiger charge is -2.13. The average molecular weight is 391 g/mol. The van der Waals surface area contributed by atoms with Crippen molar-refractivity contribution in [1.29, 1.82) is 0 Å². The molecule has 4 rings (SSSR count). The summed E-state index contributed by atoms with van der Waals surface area (Å²) >= 11 is 0. The van der Waals surface area contributed by atoms with E-state index in [0.717, 1.165) is 53.8 Å². The first-order chi connectivity index (χ1) is 13.3. The summed E-state index contributed by atoms with van der Waals surface area (Å²) < 4.78 is 41.5. The normalized spacial score (nSPS) is 14.1. The Bertz CT molecular complexity index is 1120. The molecular formula is C18H16F3N5O2. The van der Waals surface area contributed by atoms with Crippen LogP contribution >= 0.6 is 0 Å². The highest BCUT2D eigenvalue weighted by Crippen LogP contribution is 2.34. The van der Waals surface area contributed by atoms with Gasteiger partial charge in [-0.1, -0.05) is 12.1 Å². The molecule has 1 amide bonds. The minimum absolute atomic E-state index is 0.365. The Kier molecular flexibility index (Phi) is 4.40. The van der Waals surface area contributed by atoms with Gasteiger partial charge in [0, 0.05) is 5.56 Å². The first kappa shape index (κ1) is 18.2. The van der Waals surface area contributed by atoms with E-state index in [2.05, 4.69) is 15.5 Å². The highest BCUT2D eigenvalue weighted by atomic mass is 19.4. The molecule has 0 aliphatic heterocycles. The molecule has 1 aliphatic rings. The third-order valence-electron chi connectivity index (χ3n) is 4.72. The number of aromatic nitrogens is 4. The number of hydrogen-bond acceptors (Lipinski definition) is 4. The SMILES string of the molecule is O=C(Cn1ncn2nc3c(c2c1=O)CCCC3)Nc1ccccc1C(F)(F)F. The van der Waals surface area contributed by atoms with Gasteiger partial charge in [-0.3, -0.25) is 9.59 Å². The predicted octanol–water partition coefficient (Wildman–Crippen LogP) is 2.43. The van der Waals surface area contributed by atoms with Crippen LogP contribution in [0.5, 0.6) is 0 Å². The van der Waals surface area contributed by atoms with Crippen molar-refractivity contribution in [3.8, 4) is 0 Å². The number of carbonyl (C=O) groups excluding carboxylic acids is 1. The molecule has 1 aromatic carbocycles. The lowest BCUT2D eigenvalue weighted by molar-refractivity contribution is -0.137. The van der Waals surface area contributed by atoms with Crippen molar-refractivity contribution in [2.75, 3.05) is 5.32 Å². The molecule has 0 fully saturated rings. The zero-order valence-corrected chi connectivity index (χ0v) is 14.7. The second-order valence-corrected chi connectivity index (χ2v) is 6.61. The molecule has 1 aliphatic carbocycles. The lowest BCUT2D eigenvalue weighted by atomic mass is 9.97. The highest BCUT2D eigenvalue weighted by molar-refractivity contribution is 5.91. The van der Waals surface area contributed by atoms with Crippen LogP contribution in [0.4, 0.5) is 18.9 Å². The summed E-state index contributed by atoms with van der Waals surface area (Å²) in [5.74, 6) is -0.774. The molecule has 2 aromatic heterocycles. The predicted molar refractivity (Wildman–Crippen MR) is 94.0 cm³/mol. The molecule has 0 radical (unpaired) electrons. The number of nitrogens with zero attached hydrogens (tertiary/aromatic N) is 4. The van der Waals surface area contributed by atoms with E-state index >= 15 is 0 Å². The Morgan fingerprint density at radius 2 is 1.93 bits per heavy atom. The number of amides is 1. The molecule has 146 valence electrons. The Hall–Kier alpha value is -3.17. The van der Waals surface area contributed by atoms with Crippen molar-refractivity contribution in [2.45, 2.75) is 38.4 Å². The summed E-state index contributed by atoms with van der Waals surface area (Å²) in [4.78, 5) is 25.0. The van der Waals surface area contributed by atoms with E-state index in [9.17, 15) is 22.8 Å². The average Bonchev–Trinajstić information content (AvgIpc) is 3.03. The van der Waals surface area contributed by atoms with Crippen LogP contribution in [0.2, 0.25) is 0 Å². The zero-order valence-electron chi connectivity index (χ0n) is 14.7. The van der Waals surface area contributed by atoms with Gasteiger partial charge in [0.05, 0.1) is 16.9 Å². The van der Waals surface area contributed by atoms with Crippen LogP contribution in [0.1, 0.15) is 29.7 Å².